The molecule has 0 aliphatic carbocycles. The van der Waals surface area contributed by atoms with E-state index in [0.717, 1.165) is 28.7 Å². The van der Waals surface area contributed by atoms with Crippen LogP contribution in [0.15, 0.2) is 60.8 Å². The molecule has 1 aromatic heterocycles. The summed E-state index contributed by atoms with van der Waals surface area (Å²) in [6, 6.07) is 10.9. The number of aliphatic hydroxyl groups is 1. The first kappa shape index (κ1) is 23.6. The third kappa shape index (κ3) is 5.00. The summed E-state index contributed by atoms with van der Waals surface area (Å²) in [6.45, 7) is 0.0445. The van der Waals surface area contributed by atoms with E-state index in [9.17, 15) is 18.4 Å². The molecule has 0 spiro atoms. The van der Waals surface area contributed by atoms with Crippen molar-refractivity contribution in [3.05, 3.63) is 94.9 Å². The maximum absolute atomic E-state index is 15.1. The quantitative estimate of drug-likeness (QED) is 0.285. The average Bonchev–Trinajstić information content (AvgIpc) is 2.83. The van der Waals surface area contributed by atoms with Crippen molar-refractivity contribution < 1.29 is 27.9 Å². The van der Waals surface area contributed by atoms with Gasteiger partial charge in [0.25, 0.3) is 0 Å². The predicted octanol–water partition coefficient (Wildman–Crippen LogP) is 3.00. The molecule has 3 aromatic carbocycles. The number of ketones is 1. The Morgan fingerprint density at radius 2 is 1.79 bits per heavy atom. The Morgan fingerprint density at radius 1 is 0.971 bits per heavy atom. The number of rotatable bonds is 7. The van der Waals surface area contributed by atoms with E-state index in [1.165, 1.54) is 30.3 Å². The number of hydrogen-bond acceptors (Lipinski definition) is 5. The molecule has 4 aromatic rings. The molecule has 0 saturated carbocycles. The number of carbonyl (C=O) groups excluding carboxylic acids is 2. The SMILES string of the molecule is O=C(Nc1ccc(F)c(C(=O)c2ccc3ncc([AsH]CCO)nc3c2)c1F)c1cccc(F)c1. The monoisotopic (exact) mass is 527 g/mol. The second-order valence-electron chi connectivity index (χ2n) is 7.19. The number of nitrogens with zero attached hydrogens (tertiary/aromatic N) is 2. The van der Waals surface area contributed by atoms with Crippen LogP contribution in [0.5, 0.6) is 0 Å². The van der Waals surface area contributed by atoms with Gasteiger partial charge in [-0.1, -0.05) is 6.07 Å². The van der Waals surface area contributed by atoms with E-state index in [1.54, 1.807) is 6.20 Å². The minimum Gasteiger partial charge on any atom is -0.207 e. The zero-order valence-electron chi connectivity index (χ0n) is 17.5. The third-order valence-corrected chi connectivity index (χ3v) is 7.13. The van der Waals surface area contributed by atoms with Crippen LogP contribution in [-0.4, -0.2) is 49.1 Å². The fourth-order valence-corrected chi connectivity index (χ4v) is 4.77. The molecule has 0 fully saturated rings. The van der Waals surface area contributed by atoms with Crippen molar-refractivity contribution in [1.29, 1.82) is 0 Å². The molecule has 1 unspecified atom stereocenters. The fraction of sp³-hybridized carbons (Fsp3) is 0.0833. The van der Waals surface area contributed by atoms with Gasteiger partial charge in [0, 0.05) is 0 Å². The first-order valence-corrected chi connectivity index (χ1v) is 12.6. The molecule has 0 aliphatic rings. The molecular weight excluding hydrogens is 510 g/mol. The number of aliphatic hydroxyl groups excluding tert-OH is 1. The summed E-state index contributed by atoms with van der Waals surface area (Å²) in [5, 5.41) is 11.9. The normalized spacial score (nSPS) is 11.3. The number of hydrogen-bond donors (Lipinski definition) is 2. The number of amides is 1. The van der Waals surface area contributed by atoms with E-state index in [0.29, 0.717) is 16.2 Å². The Hall–Kier alpha value is -3.55. The molecule has 0 radical (unpaired) electrons. The Morgan fingerprint density at radius 3 is 2.56 bits per heavy atom. The fourth-order valence-electron chi connectivity index (χ4n) is 3.25. The Balaban J connectivity index is 1.66. The van der Waals surface area contributed by atoms with Crippen molar-refractivity contribution in [1.82, 2.24) is 9.97 Å². The van der Waals surface area contributed by atoms with Crippen LogP contribution in [0.25, 0.3) is 11.0 Å². The zero-order valence-corrected chi connectivity index (χ0v) is 19.6. The first-order chi connectivity index (χ1) is 16.4. The van der Waals surface area contributed by atoms with Gasteiger partial charge in [-0.3, -0.25) is 0 Å². The van der Waals surface area contributed by atoms with Crippen LogP contribution >= 0.6 is 0 Å². The van der Waals surface area contributed by atoms with E-state index in [2.05, 4.69) is 15.3 Å². The number of benzene rings is 3. The average molecular weight is 527 g/mol. The second-order valence-corrected chi connectivity index (χ2v) is 10.1. The van der Waals surface area contributed by atoms with Gasteiger partial charge in [-0.15, -0.1) is 0 Å². The van der Waals surface area contributed by atoms with Crippen molar-refractivity contribution >= 4 is 48.6 Å². The van der Waals surface area contributed by atoms with Gasteiger partial charge in [0.1, 0.15) is 5.82 Å². The predicted molar refractivity (Wildman–Crippen MR) is 122 cm³/mol. The second kappa shape index (κ2) is 10.2. The van der Waals surface area contributed by atoms with Crippen LogP contribution in [0.3, 0.4) is 0 Å². The molecule has 2 N–H and O–H groups in total. The summed E-state index contributed by atoms with van der Waals surface area (Å²) < 4.78 is 43.8. The minimum atomic E-state index is -1.25. The first-order valence-electron chi connectivity index (χ1n) is 10.1. The topological polar surface area (TPSA) is 92.2 Å². The van der Waals surface area contributed by atoms with Crippen molar-refractivity contribution in [2.24, 2.45) is 0 Å². The Kier molecular flexibility index (Phi) is 7.05. The molecule has 4 rings (SSSR count). The standard InChI is InChI=1S/C24H17AsF3N3O3/c26-15-3-1-2-14(10-15)24(34)31-18-7-5-16(27)21(22(18)28)23(33)13-4-6-17-19(11-13)30-20(12-29-17)25-8-9-32/h1-7,10-12,25,32H,8-9H2,(H,31,34). The van der Waals surface area contributed by atoms with Crippen LogP contribution in [0.2, 0.25) is 5.21 Å². The van der Waals surface area contributed by atoms with Gasteiger partial charge >= 0.3 is 164 Å². The molecule has 6 nitrogen and oxygen atoms in total. The van der Waals surface area contributed by atoms with Crippen LogP contribution in [-0.2, 0) is 0 Å². The van der Waals surface area contributed by atoms with E-state index >= 15 is 4.39 Å². The molecule has 1 heterocycles. The number of nitrogens with one attached hydrogen (secondary N) is 1. The van der Waals surface area contributed by atoms with Crippen molar-refractivity contribution in [3.8, 4) is 0 Å². The number of carbonyl (C=O) groups is 2. The van der Waals surface area contributed by atoms with Crippen molar-refractivity contribution in [2.45, 2.75) is 5.21 Å². The van der Waals surface area contributed by atoms with E-state index in [4.69, 9.17) is 5.11 Å². The van der Waals surface area contributed by atoms with Crippen molar-refractivity contribution in [3.63, 3.8) is 0 Å². The van der Waals surface area contributed by atoms with Crippen LogP contribution in [0, 0.1) is 17.5 Å². The molecule has 0 aliphatic heterocycles. The van der Waals surface area contributed by atoms with E-state index in [1.807, 2.05) is 0 Å². The summed E-state index contributed by atoms with van der Waals surface area (Å²) in [4.78, 5) is 34.1. The number of fused-ring (bicyclic) bond motifs is 1. The van der Waals surface area contributed by atoms with Gasteiger partial charge < -0.3 is 0 Å². The van der Waals surface area contributed by atoms with E-state index < -0.39 is 56.1 Å². The van der Waals surface area contributed by atoms with Crippen LogP contribution in [0.4, 0.5) is 18.9 Å². The summed E-state index contributed by atoms with van der Waals surface area (Å²) in [6.07, 6.45) is 1.61. The van der Waals surface area contributed by atoms with Crippen LogP contribution in [0.1, 0.15) is 26.3 Å². The van der Waals surface area contributed by atoms with Crippen LogP contribution < -0.4 is 9.80 Å². The Bertz CT molecular complexity index is 1420. The maximum atomic E-state index is 15.1. The molecule has 10 heteroatoms. The number of aromatic nitrogens is 2. The molecule has 1 atom stereocenters. The van der Waals surface area contributed by atoms with Gasteiger partial charge in [0.05, 0.1) is 0 Å². The molecule has 0 saturated heterocycles. The minimum absolute atomic E-state index is 0.00693. The van der Waals surface area contributed by atoms with Gasteiger partial charge in [-0.2, -0.15) is 0 Å². The molecule has 0 bridgehead atoms. The van der Waals surface area contributed by atoms with E-state index in [-0.39, 0.29) is 17.7 Å². The zero-order chi connectivity index (χ0) is 24.2. The van der Waals surface area contributed by atoms with Gasteiger partial charge in [-0.05, 0) is 18.2 Å². The van der Waals surface area contributed by atoms with Gasteiger partial charge in [0.2, 0.25) is 0 Å². The molecule has 1 amide bonds. The van der Waals surface area contributed by atoms with Crippen molar-refractivity contribution in [2.75, 3.05) is 11.9 Å². The summed E-state index contributed by atoms with van der Waals surface area (Å²) in [7, 11) is 0. The molecule has 172 valence electrons. The summed E-state index contributed by atoms with van der Waals surface area (Å²) in [5.74, 6) is -4.74. The third-order valence-electron chi connectivity index (χ3n) is 4.88. The smallest absolute Gasteiger partial charge is 0.207 e. The Labute approximate surface area is 198 Å². The summed E-state index contributed by atoms with van der Waals surface area (Å²) in [5.41, 5.74) is -0.433. The van der Waals surface area contributed by atoms with Gasteiger partial charge in [0.15, 0.2) is 0 Å². The number of anilines is 1. The van der Waals surface area contributed by atoms with Gasteiger partial charge in [-0.25, -0.2) is 4.39 Å². The molecule has 34 heavy (non-hydrogen) atoms. The summed E-state index contributed by atoms with van der Waals surface area (Å²) >= 11 is -0.698. The molecular formula is C24H17AsF3N3O3. The number of halogens is 3.